The molecule has 1 nitrogen and oxygen atoms in total. The van der Waals surface area contributed by atoms with Crippen LogP contribution >= 0.6 is 61.8 Å². The summed E-state index contributed by atoms with van der Waals surface area (Å²) in [7, 11) is 0. The Hall–Kier alpha value is 0.420. The van der Waals surface area contributed by atoms with Gasteiger partial charge < -0.3 is 5.73 Å². The number of thiophene rings is 2. The van der Waals surface area contributed by atoms with Crippen molar-refractivity contribution in [2.75, 3.05) is 0 Å². The van der Waals surface area contributed by atoms with Crippen molar-refractivity contribution >= 4 is 61.8 Å². The Morgan fingerprint density at radius 1 is 1.20 bits per heavy atom. The molecule has 0 aliphatic carbocycles. The van der Waals surface area contributed by atoms with Gasteiger partial charge in [-0.15, -0.1) is 22.7 Å². The number of rotatable bonds is 2. The maximum Gasteiger partial charge on any atom is 0.107 e. The standard InChI is InChI=1S/C9H6BrCl2NS2/c10-4-3-6(15-9(4)12)8(13)5-1-2-7(11)14-5/h1-3,8H,13H2. The molecule has 0 spiro atoms. The minimum atomic E-state index is -0.142. The Bertz CT molecular complexity index is 461. The topological polar surface area (TPSA) is 26.0 Å². The highest BCUT2D eigenvalue weighted by molar-refractivity contribution is 9.10. The van der Waals surface area contributed by atoms with Gasteiger partial charge >= 0.3 is 0 Å². The molecule has 80 valence electrons. The van der Waals surface area contributed by atoms with Gasteiger partial charge in [-0.1, -0.05) is 23.2 Å². The highest BCUT2D eigenvalue weighted by atomic mass is 79.9. The molecular formula is C9H6BrCl2NS2. The second-order valence-electron chi connectivity index (χ2n) is 2.89. The van der Waals surface area contributed by atoms with Crippen LogP contribution in [0.5, 0.6) is 0 Å². The molecule has 0 saturated carbocycles. The Morgan fingerprint density at radius 3 is 2.40 bits per heavy atom. The van der Waals surface area contributed by atoms with Gasteiger partial charge in [0.2, 0.25) is 0 Å². The zero-order valence-corrected chi connectivity index (χ0v) is 12.1. The maximum atomic E-state index is 6.09. The summed E-state index contributed by atoms with van der Waals surface area (Å²) in [5, 5.41) is 0. The van der Waals surface area contributed by atoms with Gasteiger partial charge in [-0.25, -0.2) is 0 Å². The van der Waals surface area contributed by atoms with Gasteiger partial charge in [0.25, 0.3) is 0 Å². The molecule has 0 aliphatic heterocycles. The number of nitrogens with two attached hydrogens (primary N) is 1. The molecule has 2 aromatic rings. The Kier molecular flexibility index (Phi) is 3.75. The fourth-order valence-corrected chi connectivity index (χ4v) is 4.07. The SMILES string of the molecule is NC(c1ccc(Cl)s1)c1cc(Br)c(Cl)s1. The van der Waals surface area contributed by atoms with Crippen LogP contribution in [-0.4, -0.2) is 0 Å². The van der Waals surface area contributed by atoms with E-state index in [1.807, 2.05) is 18.2 Å². The lowest BCUT2D eigenvalue weighted by Gasteiger charge is -2.05. The van der Waals surface area contributed by atoms with Crippen LogP contribution in [0.1, 0.15) is 15.8 Å². The zero-order valence-electron chi connectivity index (χ0n) is 7.34. The van der Waals surface area contributed by atoms with Gasteiger partial charge in [0.15, 0.2) is 0 Å². The molecule has 2 heterocycles. The normalized spacial score (nSPS) is 13.1. The molecule has 2 N–H and O–H groups in total. The van der Waals surface area contributed by atoms with E-state index in [4.69, 9.17) is 28.9 Å². The van der Waals surface area contributed by atoms with Crippen LogP contribution in [0.25, 0.3) is 0 Å². The molecule has 6 heteroatoms. The molecule has 1 atom stereocenters. The first-order chi connectivity index (χ1) is 7.08. The van der Waals surface area contributed by atoms with Crippen molar-refractivity contribution in [3.8, 4) is 0 Å². The van der Waals surface area contributed by atoms with E-state index >= 15 is 0 Å². The minimum Gasteiger partial charge on any atom is -0.319 e. The predicted molar refractivity (Wildman–Crippen MR) is 72.4 cm³/mol. The van der Waals surface area contributed by atoms with Crippen LogP contribution in [0, 0.1) is 0 Å². The Balaban J connectivity index is 2.31. The second-order valence-corrected chi connectivity index (χ2v) is 7.18. The lowest BCUT2D eigenvalue weighted by atomic mass is 10.2. The van der Waals surface area contributed by atoms with Gasteiger partial charge in [-0.2, -0.15) is 0 Å². The third-order valence-electron chi connectivity index (χ3n) is 1.87. The molecule has 1 unspecified atom stereocenters. The zero-order chi connectivity index (χ0) is 11.0. The highest BCUT2D eigenvalue weighted by Crippen LogP contribution is 2.38. The first kappa shape index (κ1) is 11.9. The fourth-order valence-electron chi connectivity index (χ4n) is 1.15. The van der Waals surface area contributed by atoms with E-state index in [1.54, 1.807) is 0 Å². The molecule has 2 rings (SSSR count). The minimum absolute atomic E-state index is 0.142. The van der Waals surface area contributed by atoms with Crippen molar-refractivity contribution in [2.24, 2.45) is 5.73 Å². The van der Waals surface area contributed by atoms with Crippen molar-refractivity contribution in [1.82, 2.24) is 0 Å². The van der Waals surface area contributed by atoms with Crippen LogP contribution in [0.4, 0.5) is 0 Å². The smallest absolute Gasteiger partial charge is 0.107 e. The molecule has 0 amide bonds. The van der Waals surface area contributed by atoms with Gasteiger partial charge in [-0.05, 0) is 34.1 Å². The molecule has 0 aromatic carbocycles. The number of halogens is 3. The predicted octanol–water partition coefficient (Wildman–Crippen LogP) is 4.93. The summed E-state index contributed by atoms with van der Waals surface area (Å²) in [5.74, 6) is 0. The first-order valence-electron chi connectivity index (χ1n) is 4.03. The van der Waals surface area contributed by atoms with Crippen molar-refractivity contribution < 1.29 is 0 Å². The average Bonchev–Trinajstić information content (AvgIpc) is 2.74. The quantitative estimate of drug-likeness (QED) is 0.822. The summed E-state index contributed by atoms with van der Waals surface area (Å²) >= 11 is 18.2. The van der Waals surface area contributed by atoms with Crippen molar-refractivity contribution in [3.63, 3.8) is 0 Å². The third kappa shape index (κ3) is 2.57. The molecule has 0 aliphatic rings. The second kappa shape index (κ2) is 4.73. The molecule has 0 fully saturated rings. The van der Waals surface area contributed by atoms with Crippen LogP contribution in [-0.2, 0) is 0 Å². The highest BCUT2D eigenvalue weighted by Gasteiger charge is 2.15. The van der Waals surface area contributed by atoms with Crippen LogP contribution in [0.2, 0.25) is 8.67 Å². The summed E-state index contributed by atoms with van der Waals surface area (Å²) in [6.45, 7) is 0. The summed E-state index contributed by atoms with van der Waals surface area (Å²) in [6, 6.07) is 5.60. The van der Waals surface area contributed by atoms with E-state index in [0.29, 0.717) is 0 Å². The van der Waals surface area contributed by atoms with E-state index in [2.05, 4.69) is 15.9 Å². The first-order valence-corrected chi connectivity index (χ1v) is 7.21. The average molecular weight is 343 g/mol. The van der Waals surface area contributed by atoms with Crippen LogP contribution < -0.4 is 5.73 Å². The van der Waals surface area contributed by atoms with Gasteiger partial charge in [-0.3, -0.25) is 0 Å². The Labute approximate surface area is 114 Å². The molecule has 15 heavy (non-hydrogen) atoms. The fraction of sp³-hybridized carbons (Fsp3) is 0.111. The van der Waals surface area contributed by atoms with Gasteiger partial charge in [0.1, 0.15) is 4.34 Å². The molecule has 2 aromatic heterocycles. The van der Waals surface area contributed by atoms with Gasteiger partial charge in [0, 0.05) is 14.2 Å². The summed E-state index contributed by atoms with van der Waals surface area (Å²) in [6.07, 6.45) is 0. The molecule has 0 bridgehead atoms. The summed E-state index contributed by atoms with van der Waals surface area (Å²) in [4.78, 5) is 2.08. The van der Waals surface area contributed by atoms with Crippen LogP contribution in [0.15, 0.2) is 22.7 Å². The maximum absolute atomic E-state index is 6.09. The third-order valence-corrected chi connectivity index (χ3v) is 5.74. The Morgan fingerprint density at radius 2 is 1.93 bits per heavy atom. The molecular weight excluding hydrogens is 337 g/mol. The van der Waals surface area contributed by atoms with E-state index < -0.39 is 0 Å². The summed E-state index contributed by atoms with van der Waals surface area (Å²) < 4.78 is 2.37. The molecule has 0 saturated heterocycles. The summed E-state index contributed by atoms with van der Waals surface area (Å²) in [5.41, 5.74) is 6.09. The van der Waals surface area contributed by atoms with Crippen molar-refractivity contribution in [2.45, 2.75) is 6.04 Å². The largest absolute Gasteiger partial charge is 0.319 e. The van der Waals surface area contributed by atoms with Crippen LogP contribution in [0.3, 0.4) is 0 Å². The van der Waals surface area contributed by atoms with E-state index in [9.17, 15) is 0 Å². The number of hydrogen-bond donors (Lipinski definition) is 1. The van der Waals surface area contributed by atoms with E-state index in [0.717, 1.165) is 22.9 Å². The lowest BCUT2D eigenvalue weighted by molar-refractivity contribution is 0.917. The number of hydrogen-bond acceptors (Lipinski definition) is 3. The van der Waals surface area contributed by atoms with Crippen molar-refractivity contribution in [3.05, 3.63) is 41.1 Å². The lowest BCUT2D eigenvalue weighted by Crippen LogP contribution is -2.07. The van der Waals surface area contributed by atoms with E-state index in [-0.39, 0.29) is 6.04 Å². The molecule has 0 radical (unpaired) electrons. The monoisotopic (exact) mass is 341 g/mol. The van der Waals surface area contributed by atoms with Gasteiger partial charge in [0.05, 0.1) is 10.4 Å². The van der Waals surface area contributed by atoms with E-state index in [1.165, 1.54) is 22.7 Å². The van der Waals surface area contributed by atoms with Crippen molar-refractivity contribution in [1.29, 1.82) is 0 Å².